The van der Waals surface area contributed by atoms with E-state index in [0.717, 1.165) is 36.8 Å². The number of unbranched alkanes of at least 4 members (excludes halogenated alkanes) is 4. The van der Waals surface area contributed by atoms with Gasteiger partial charge in [-0.05, 0) is 60.9 Å². The summed E-state index contributed by atoms with van der Waals surface area (Å²) in [6.45, 7) is 4.26. The largest absolute Gasteiger partial charge is 0.220 e. The highest BCUT2D eigenvalue weighted by Gasteiger charge is 2.20. The molecule has 0 saturated carbocycles. The van der Waals surface area contributed by atoms with Gasteiger partial charge in [-0.15, -0.1) is 0 Å². The van der Waals surface area contributed by atoms with Gasteiger partial charge in [0.25, 0.3) is 0 Å². The lowest BCUT2D eigenvalue weighted by atomic mass is 9.84. The Balaban J connectivity index is 1.67. The molecule has 1 aromatic carbocycles. The standard InChI is InChI=1S/C27H34ClF2N/c1-3-5-6-7-8-10-19-11-13-20(14-12-19)22-17-18-24(31-27(22)30)23-16-15-21(9-4-2)25(28)26(23)29/h13,15-19H,3-12,14H2,1-2H3. The zero-order valence-electron chi connectivity index (χ0n) is 18.8. The van der Waals surface area contributed by atoms with Crippen molar-refractivity contribution in [2.45, 2.75) is 84.5 Å². The van der Waals surface area contributed by atoms with Gasteiger partial charge in [-0.3, -0.25) is 0 Å². The summed E-state index contributed by atoms with van der Waals surface area (Å²) in [4.78, 5) is 4.09. The van der Waals surface area contributed by atoms with Crippen molar-refractivity contribution in [1.29, 1.82) is 0 Å². The molecule has 3 rings (SSSR count). The first-order valence-electron chi connectivity index (χ1n) is 11.9. The Morgan fingerprint density at radius 1 is 0.968 bits per heavy atom. The Labute approximate surface area is 190 Å². The molecule has 4 heteroatoms. The first-order valence-corrected chi connectivity index (χ1v) is 12.3. The lowest BCUT2D eigenvalue weighted by Gasteiger charge is -2.22. The Morgan fingerprint density at radius 2 is 1.74 bits per heavy atom. The van der Waals surface area contributed by atoms with Gasteiger partial charge in [0.2, 0.25) is 5.95 Å². The maximum absolute atomic E-state index is 14.9. The molecule has 31 heavy (non-hydrogen) atoms. The van der Waals surface area contributed by atoms with Crippen LogP contribution in [0.25, 0.3) is 16.8 Å². The Hall–Kier alpha value is -1.74. The molecular weight excluding hydrogens is 412 g/mol. The van der Waals surface area contributed by atoms with Crippen LogP contribution in [0, 0.1) is 17.7 Å². The summed E-state index contributed by atoms with van der Waals surface area (Å²) in [7, 11) is 0. The van der Waals surface area contributed by atoms with E-state index in [-0.39, 0.29) is 16.3 Å². The number of allylic oxidation sites excluding steroid dienone is 2. The number of pyridine rings is 1. The van der Waals surface area contributed by atoms with Gasteiger partial charge in [0.15, 0.2) is 5.82 Å². The van der Waals surface area contributed by atoms with Crippen molar-refractivity contribution >= 4 is 17.2 Å². The summed E-state index contributed by atoms with van der Waals surface area (Å²) in [5, 5.41) is 0.112. The van der Waals surface area contributed by atoms with Crippen LogP contribution in [0.15, 0.2) is 30.3 Å². The van der Waals surface area contributed by atoms with Gasteiger partial charge in [-0.25, -0.2) is 9.37 Å². The molecule has 0 aliphatic heterocycles. The third-order valence-electron chi connectivity index (χ3n) is 6.39. The number of benzene rings is 1. The minimum absolute atomic E-state index is 0.112. The summed E-state index contributed by atoms with van der Waals surface area (Å²) in [6.07, 6.45) is 14.6. The van der Waals surface area contributed by atoms with Gasteiger partial charge in [-0.1, -0.05) is 82.5 Å². The van der Waals surface area contributed by atoms with Crippen LogP contribution in [-0.2, 0) is 6.42 Å². The third kappa shape index (κ3) is 6.16. The molecule has 0 bridgehead atoms. The molecule has 1 aliphatic rings. The van der Waals surface area contributed by atoms with Crippen LogP contribution in [-0.4, -0.2) is 4.98 Å². The van der Waals surface area contributed by atoms with Crippen LogP contribution in [0.5, 0.6) is 0 Å². The summed E-state index contributed by atoms with van der Waals surface area (Å²) >= 11 is 6.19. The van der Waals surface area contributed by atoms with Gasteiger partial charge < -0.3 is 0 Å². The normalized spacial score (nSPS) is 16.4. The average molecular weight is 446 g/mol. The van der Waals surface area contributed by atoms with Gasteiger partial charge >= 0.3 is 0 Å². The molecule has 0 N–H and O–H groups in total. The second kappa shape index (κ2) is 11.8. The van der Waals surface area contributed by atoms with Crippen molar-refractivity contribution in [2.24, 2.45) is 5.92 Å². The Bertz CT molecular complexity index is 906. The number of rotatable bonds is 10. The monoisotopic (exact) mass is 445 g/mol. The smallest absolute Gasteiger partial charge is 0.219 e. The van der Waals surface area contributed by atoms with E-state index in [9.17, 15) is 8.78 Å². The Kier molecular flexibility index (Phi) is 9.07. The fourth-order valence-corrected chi connectivity index (χ4v) is 4.76. The van der Waals surface area contributed by atoms with Gasteiger partial charge in [0.1, 0.15) is 0 Å². The average Bonchev–Trinajstić information content (AvgIpc) is 2.77. The first kappa shape index (κ1) is 23.9. The lowest BCUT2D eigenvalue weighted by Crippen LogP contribution is -2.07. The van der Waals surface area contributed by atoms with E-state index in [2.05, 4.69) is 18.0 Å². The minimum Gasteiger partial charge on any atom is -0.219 e. The number of hydrogen-bond donors (Lipinski definition) is 0. The van der Waals surface area contributed by atoms with Crippen molar-refractivity contribution < 1.29 is 8.78 Å². The van der Waals surface area contributed by atoms with E-state index >= 15 is 0 Å². The number of aryl methyl sites for hydroxylation is 1. The highest BCUT2D eigenvalue weighted by Crippen LogP contribution is 2.35. The SMILES string of the molecule is CCCCCCCC1CC=C(c2ccc(-c3ccc(CCC)c(Cl)c3F)nc2F)CC1. The second-order valence-corrected chi connectivity index (χ2v) is 9.14. The van der Waals surface area contributed by atoms with Crippen LogP contribution in [0.1, 0.15) is 89.2 Å². The molecule has 0 fully saturated rings. The van der Waals surface area contributed by atoms with Crippen molar-refractivity contribution in [3.05, 3.63) is 58.3 Å². The predicted molar refractivity (Wildman–Crippen MR) is 127 cm³/mol. The summed E-state index contributed by atoms with van der Waals surface area (Å²) in [6, 6.07) is 6.90. The first-order chi connectivity index (χ1) is 15.0. The molecular formula is C27H34ClF2N. The second-order valence-electron chi connectivity index (χ2n) is 8.76. The molecule has 0 amide bonds. The zero-order chi connectivity index (χ0) is 22.2. The molecule has 1 nitrogen and oxygen atoms in total. The zero-order valence-corrected chi connectivity index (χ0v) is 19.6. The van der Waals surface area contributed by atoms with Crippen molar-refractivity contribution in [1.82, 2.24) is 4.98 Å². The fourth-order valence-electron chi connectivity index (χ4n) is 4.51. The van der Waals surface area contributed by atoms with Crippen LogP contribution >= 0.6 is 11.6 Å². The molecule has 1 heterocycles. The topological polar surface area (TPSA) is 12.9 Å². The van der Waals surface area contributed by atoms with Crippen LogP contribution in [0.3, 0.4) is 0 Å². The molecule has 1 aromatic heterocycles. The van der Waals surface area contributed by atoms with E-state index in [1.165, 1.54) is 38.5 Å². The maximum atomic E-state index is 14.9. The molecule has 0 spiro atoms. The van der Waals surface area contributed by atoms with Crippen molar-refractivity contribution in [3.8, 4) is 11.3 Å². The van der Waals surface area contributed by atoms with Crippen LogP contribution in [0.4, 0.5) is 8.78 Å². The van der Waals surface area contributed by atoms with E-state index in [1.807, 2.05) is 13.0 Å². The number of nitrogens with zero attached hydrogens (tertiary/aromatic N) is 1. The summed E-state index contributed by atoms with van der Waals surface area (Å²) < 4.78 is 29.6. The third-order valence-corrected chi connectivity index (χ3v) is 6.80. The summed E-state index contributed by atoms with van der Waals surface area (Å²) in [5.41, 5.74) is 2.87. The molecule has 0 radical (unpaired) electrons. The fraction of sp³-hybridized carbons (Fsp3) is 0.519. The van der Waals surface area contributed by atoms with Gasteiger partial charge in [0.05, 0.1) is 10.7 Å². The van der Waals surface area contributed by atoms with Crippen molar-refractivity contribution in [3.63, 3.8) is 0 Å². The van der Waals surface area contributed by atoms with Crippen LogP contribution in [0.2, 0.25) is 5.02 Å². The minimum atomic E-state index is -0.532. The van der Waals surface area contributed by atoms with E-state index in [4.69, 9.17) is 11.6 Å². The van der Waals surface area contributed by atoms with E-state index < -0.39 is 11.8 Å². The molecule has 0 saturated heterocycles. The van der Waals surface area contributed by atoms with Gasteiger partial charge in [0, 0.05) is 11.1 Å². The highest BCUT2D eigenvalue weighted by molar-refractivity contribution is 6.31. The molecule has 1 unspecified atom stereocenters. The Morgan fingerprint density at radius 3 is 2.42 bits per heavy atom. The number of halogens is 3. The predicted octanol–water partition coefficient (Wildman–Crippen LogP) is 9.18. The van der Waals surface area contributed by atoms with Crippen LogP contribution < -0.4 is 0 Å². The molecule has 1 atom stereocenters. The van der Waals surface area contributed by atoms with Crippen molar-refractivity contribution in [2.75, 3.05) is 0 Å². The highest BCUT2D eigenvalue weighted by atomic mass is 35.5. The molecule has 168 valence electrons. The maximum Gasteiger partial charge on any atom is 0.220 e. The van der Waals surface area contributed by atoms with Gasteiger partial charge in [-0.2, -0.15) is 4.39 Å². The molecule has 2 aromatic rings. The number of aromatic nitrogens is 1. The van der Waals surface area contributed by atoms with E-state index in [0.29, 0.717) is 17.9 Å². The molecule has 1 aliphatic carbocycles. The lowest BCUT2D eigenvalue weighted by molar-refractivity contribution is 0.423. The quantitative estimate of drug-likeness (QED) is 0.262. The van der Waals surface area contributed by atoms with E-state index in [1.54, 1.807) is 18.2 Å². The summed E-state index contributed by atoms with van der Waals surface area (Å²) in [5.74, 6) is -0.348. The number of hydrogen-bond acceptors (Lipinski definition) is 1.